The zero-order chi connectivity index (χ0) is 21.1. The van der Waals surface area contributed by atoms with Gasteiger partial charge in [0.15, 0.2) is 0 Å². The van der Waals surface area contributed by atoms with Gasteiger partial charge in [-0.25, -0.2) is 13.8 Å². The van der Waals surface area contributed by atoms with Crippen LogP contribution in [0, 0.1) is 5.82 Å². The molecule has 1 aliphatic rings. The topological polar surface area (TPSA) is 73.1 Å². The Bertz CT molecular complexity index is 1220. The van der Waals surface area contributed by atoms with Gasteiger partial charge in [-0.2, -0.15) is 0 Å². The SMILES string of the molecule is O=C(Cn1c(=O)n(-c2ccc(F)cc2)c(=O)c2sccc21)NCCC1=CCCCC1. The van der Waals surface area contributed by atoms with Crippen molar-refractivity contribution in [3.63, 3.8) is 0 Å². The summed E-state index contributed by atoms with van der Waals surface area (Å²) in [6, 6.07) is 6.80. The van der Waals surface area contributed by atoms with Gasteiger partial charge < -0.3 is 5.32 Å². The summed E-state index contributed by atoms with van der Waals surface area (Å²) in [6.45, 7) is 0.330. The van der Waals surface area contributed by atoms with E-state index in [0.717, 1.165) is 23.8 Å². The van der Waals surface area contributed by atoms with Crippen LogP contribution in [0.15, 0.2) is 57.0 Å². The van der Waals surface area contributed by atoms with Gasteiger partial charge in [0.1, 0.15) is 17.1 Å². The Labute approximate surface area is 176 Å². The first-order valence-electron chi connectivity index (χ1n) is 9.98. The molecule has 0 fully saturated rings. The summed E-state index contributed by atoms with van der Waals surface area (Å²) < 4.78 is 15.9. The van der Waals surface area contributed by atoms with Crippen LogP contribution in [-0.2, 0) is 11.3 Å². The Kier molecular flexibility index (Phi) is 5.94. The van der Waals surface area contributed by atoms with E-state index in [1.54, 1.807) is 11.4 Å². The molecular formula is C22H22FN3O3S. The number of aromatic nitrogens is 2. The molecule has 0 bridgehead atoms. The van der Waals surface area contributed by atoms with E-state index in [1.165, 1.54) is 58.6 Å². The molecule has 0 atom stereocenters. The Hall–Kier alpha value is -3.00. The molecule has 156 valence electrons. The summed E-state index contributed by atoms with van der Waals surface area (Å²) in [4.78, 5) is 38.5. The van der Waals surface area contributed by atoms with Gasteiger partial charge in [-0.3, -0.25) is 14.2 Å². The first-order chi connectivity index (χ1) is 14.5. The Balaban J connectivity index is 1.60. The van der Waals surface area contributed by atoms with E-state index in [1.807, 2.05) is 0 Å². The maximum Gasteiger partial charge on any atom is 0.336 e. The number of hydrogen-bond acceptors (Lipinski definition) is 4. The molecule has 0 saturated carbocycles. The summed E-state index contributed by atoms with van der Waals surface area (Å²) in [7, 11) is 0. The van der Waals surface area contributed by atoms with Gasteiger partial charge in [-0.15, -0.1) is 11.3 Å². The fourth-order valence-corrected chi connectivity index (χ4v) is 4.58. The van der Waals surface area contributed by atoms with Gasteiger partial charge in [0.2, 0.25) is 5.91 Å². The predicted molar refractivity (Wildman–Crippen MR) is 116 cm³/mol. The number of allylic oxidation sites excluding steroid dienone is 1. The summed E-state index contributed by atoms with van der Waals surface area (Å²) >= 11 is 1.21. The summed E-state index contributed by atoms with van der Waals surface area (Å²) in [5.41, 5.74) is 0.961. The molecule has 1 amide bonds. The minimum atomic E-state index is -0.623. The smallest absolute Gasteiger partial charge is 0.336 e. The van der Waals surface area contributed by atoms with Crippen molar-refractivity contribution in [3.8, 4) is 5.69 Å². The number of carbonyl (C=O) groups excluding carboxylic acids is 1. The molecule has 1 aromatic carbocycles. The van der Waals surface area contributed by atoms with Gasteiger partial charge >= 0.3 is 5.69 Å². The predicted octanol–water partition coefficient (Wildman–Crippen LogP) is 3.36. The minimum Gasteiger partial charge on any atom is -0.354 e. The first kappa shape index (κ1) is 20.3. The number of halogens is 1. The first-order valence-corrected chi connectivity index (χ1v) is 10.9. The van der Waals surface area contributed by atoms with Gasteiger partial charge in [-0.05, 0) is 67.8 Å². The second-order valence-corrected chi connectivity index (χ2v) is 8.24. The number of hydrogen-bond donors (Lipinski definition) is 1. The quantitative estimate of drug-likeness (QED) is 0.613. The van der Waals surface area contributed by atoms with Crippen LogP contribution in [0.1, 0.15) is 32.1 Å². The maximum atomic E-state index is 13.3. The van der Waals surface area contributed by atoms with E-state index in [-0.39, 0.29) is 18.1 Å². The van der Waals surface area contributed by atoms with Gasteiger partial charge in [0.05, 0.1) is 11.2 Å². The molecule has 0 unspecified atom stereocenters. The highest BCUT2D eigenvalue weighted by atomic mass is 32.1. The second-order valence-electron chi connectivity index (χ2n) is 7.33. The third-order valence-corrected chi connectivity index (χ3v) is 6.19. The van der Waals surface area contributed by atoms with E-state index >= 15 is 0 Å². The van der Waals surface area contributed by atoms with E-state index in [0.29, 0.717) is 16.8 Å². The lowest BCUT2D eigenvalue weighted by Crippen LogP contribution is -2.41. The Morgan fingerprint density at radius 1 is 1.13 bits per heavy atom. The minimum absolute atomic E-state index is 0.188. The summed E-state index contributed by atoms with van der Waals surface area (Å²) in [6.07, 6.45) is 7.64. The third kappa shape index (κ3) is 4.14. The zero-order valence-electron chi connectivity index (χ0n) is 16.4. The molecule has 0 radical (unpaired) electrons. The van der Waals surface area contributed by atoms with Gasteiger partial charge in [0, 0.05) is 6.54 Å². The number of fused-ring (bicyclic) bond motifs is 1. The van der Waals surface area contributed by atoms with Crippen LogP contribution in [0.5, 0.6) is 0 Å². The fourth-order valence-electron chi connectivity index (χ4n) is 3.75. The molecule has 1 aliphatic carbocycles. The normalized spacial score (nSPS) is 14.0. The van der Waals surface area contributed by atoms with E-state index in [4.69, 9.17) is 0 Å². The van der Waals surface area contributed by atoms with Crippen LogP contribution in [0.25, 0.3) is 15.9 Å². The lowest BCUT2D eigenvalue weighted by molar-refractivity contribution is -0.121. The largest absolute Gasteiger partial charge is 0.354 e. The molecule has 6 nitrogen and oxygen atoms in total. The number of carbonyl (C=O) groups is 1. The van der Waals surface area contributed by atoms with Crippen molar-refractivity contribution in [2.45, 2.75) is 38.6 Å². The van der Waals surface area contributed by atoms with E-state index in [9.17, 15) is 18.8 Å². The van der Waals surface area contributed by atoms with Crippen LogP contribution < -0.4 is 16.6 Å². The molecule has 30 heavy (non-hydrogen) atoms. The number of thiophene rings is 1. The van der Waals surface area contributed by atoms with Crippen LogP contribution in [-0.4, -0.2) is 21.6 Å². The molecule has 0 spiro atoms. The highest BCUT2D eigenvalue weighted by Gasteiger charge is 2.17. The van der Waals surface area contributed by atoms with Crippen LogP contribution in [0.2, 0.25) is 0 Å². The molecule has 8 heteroatoms. The highest BCUT2D eigenvalue weighted by Crippen LogP contribution is 2.19. The number of nitrogens with one attached hydrogen (secondary N) is 1. The Morgan fingerprint density at radius 3 is 2.67 bits per heavy atom. The number of amides is 1. The van der Waals surface area contributed by atoms with Crippen molar-refractivity contribution in [1.29, 1.82) is 0 Å². The van der Waals surface area contributed by atoms with Crippen molar-refractivity contribution in [2.75, 3.05) is 6.54 Å². The monoisotopic (exact) mass is 427 g/mol. The van der Waals surface area contributed by atoms with Crippen molar-refractivity contribution in [1.82, 2.24) is 14.5 Å². The highest BCUT2D eigenvalue weighted by molar-refractivity contribution is 7.17. The molecule has 1 N–H and O–H groups in total. The van der Waals surface area contributed by atoms with Crippen LogP contribution in [0.3, 0.4) is 0 Å². The van der Waals surface area contributed by atoms with Crippen LogP contribution >= 0.6 is 11.3 Å². The van der Waals surface area contributed by atoms with Crippen molar-refractivity contribution in [3.05, 3.63) is 74.0 Å². The average molecular weight is 428 g/mol. The van der Waals surface area contributed by atoms with Crippen LogP contribution in [0.4, 0.5) is 4.39 Å². The molecule has 3 aromatic rings. The van der Waals surface area contributed by atoms with E-state index in [2.05, 4.69) is 11.4 Å². The van der Waals surface area contributed by atoms with Crippen molar-refractivity contribution in [2.24, 2.45) is 0 Å². The fraction of sp³-hybridized carbons (Fsp3) is 0.318. The summed E-state index contributed by atoms with van der Waals surface area (Å²) in [5, 5.41) is 4.58. The lowest BCUT2D eigenvalue weighted by Gasteiger charge is -2.14. The molecule has 0 aliphatic heterocycles. The van der Waals surface area contributed by atoms with Gasteiger partial charge in [-0.1, -0.05) is 11.6 Å². The van der Waals surface area contributed by atoms with Gasteiger partial charge in [0.25, 0.3) is 5.56 Å². The second kappa shape index (κ2) is 8.79. The lowest BCUT2D eigenvalue weighted by atomic mass is 9.97. The Morgan fingerprint density at radius 2 is 1.93 bits per heavy atom. The number of nitrogens with zero attached hydrogens (tertiary/aromatic N) is 2. The average Bonchev–Trinajstić information content (AvgIpc) is 3.24. The zero-order valence-corrected chi connectivity index (χ0v) is 17.2. The molecule has 4 rings (SSSR count). The molecular weight excluding hydrogens is 405 g/mol. The standard InChI is InChI=1S/C22H22FN3O3S/c23-16-6-8-17(9-7-16)26-21(28)20-18(11-13-30-20)25(22(26)29)14-19(27)24-12-10-15-4-2-1-3-5-15/h4,6-9,11,13H,1-3,5,10,12,14H2,(H,24,27). The van der Waals surface area contributed by atoms with Crippen molar-refractivity contribution < 1.29 is 9.18 Å². The summed E-state index contributed by atoms with van der Waals surface area (Å²) in [5.74, 6) is -0.748. The molecule has 0 saturated heterocycles. The maximum absolute atomic E-state index is 13.3. The molecule has 2 aromatic heterocycles. The van der Waals surface area contributed by atoms with E-state index < -0.39 is 17.1 Å². The number of rotatable bonds is 6. The molecule has 2 heterocycles. The third-order valence-electron chi connectivity index (χ3n) is 5.29. The van der Waals surface area contributed by atoms with Crippen molar-refractivity contribution >= 4 is 27.5 Å². The number of benzene rings is 1.